The lowest BCUT2D eigenvalue weighted by molar-refractivity contribution is -0.121. The van der Waals surface area contributed by atoms with Crippen molar-refractivity contribution >= 4 is 35.8 Å². The third kappa shape index (κ3) is 5.73. The summed E-state index contributed by atoms with van der Waals surface area (Å²) in [6, 6.07) is 8.31. The van der Waals surface area contributed by atoms with Crippen molar-refractivity contribution in [3.05, 3.63) is 29.8 Å². The molecule has 1 saturated heterocycles. The average Bonchev–Trinajstić information content (AvgIpc) is 2.69. The minimum absolute atomic E-state index is 0. The van der Waals surface area contributed by atoms with Gasteiger partial charge in [0.25, 0.3) is 0 Å². The third-order valence-corrected chi connectivity index (χ3v) is 5.47. The quantitative estimate of drug-likeness (QED) is 0.390. The number of para-hydroxylation sites is 1. The number of fused-ring (bicyclic) bond motifs is 1. The second-order valence-corrected chi connectivity index (χ2v) is 7.11. The molecule has 0 bridgehead atoms. The minimum Gasteiger partial charge on any atom is -0.493 e. The summed E-state index contributed by atoms with van der Waals surface area (Å²) in [5, 5.41) is 6.28. The number of ether oxygens (including phenoxy) is 1. The van der Waals surface area contributed by atoms with E-state index in [1.54, 1.807) is 7.05 Å². The van der Waals surface area contributed by atoms with Crippen molar-refractivity contribution in [2.45, 2.75) is 31.6 Å². The number of amides is 1. The van der Waals surface area contributed by atoms with Gasteiger partial charge < -0.3 is 20.3 Å². The van der Waals surface area contributed by atoms with Gasteiger partial charge in [0.2, 0.25) is 5.91 Å². The summed E-state index contributed by atoms with van der Waals surface area (Å²) in [6.45, 7) is 3.54. The summed E-state index contributed by atoms with van der Waals surface area (Å²) in [5.74, 6) is 3.04. The van der Waals surface area contributed by atoms with Crippen molar-refractivity contribution in [1.82, 2.24) is 15.5 Å². The maximum Gasteiger partial charge on any atom is 0.220 e. The summed E-state index contributed by atoms with van der Waals surface area (Å²) < 4.78 is 5.75. The largest absolute Gasteiger partial charge is 0.493 e. The van der Waals surface area contributed by atoms with Crippen molar-refractivity contribution < 1.29 is 9.53 Å². The molecule has 0 aliphatic carbocycles. The third-order valence-electron chi connectivity index (χ3n) is 5.47. The molecule has 2 aliphatic heterocycles. The monoisotopic (exact) mass is 486 g/mol. The molecule has 1 amide bonds. The van der Waals surface area contributed by atoms with Gasteiger partial charge in [-0.1, -0.05) is 18.2 Å². The number of hydrogen-bond acceptors (Lipinski definition) is 3. The van der Waals surface area contributed by atoms with Crippen molar-refractivity contribution in [1.29, 1.82) is 0 Å². The van der Waals surface area contributed by atoms with Gasteiger partial charge in [0, 0.05) is 46.1 Å². The van der Waals surface area contributed by atoms with Crippen LogP contribution in [-0.2, 0) is 4.79 Å². The predicted molar refractivity (Wildman–Crippen MR) is 119 cm³/mol. The maximum atomic E-state index is 11.6. The van der Waals surface area contributed by atoms with Gasteiger partial charge in [-0.25, -0.2) is 0 Å². The number of piperidine rings is 1. The van der Waals surface area contributed by atoms with Crippen molar-refractivity contribution in [3.63, 3.8) is 0 Å². The highest BCUT2D eigenvalue weighted by atomic mass is 127. The predicted octanol–water partition coefficient (Wildman–Crippen LogP) is 2.59. The van der Waals surface area contributed by atoms with E-state index < -0.39 is 0 Å². The van der Waals surface area contributed by atoms with E-state index in [0.29, 0.717) is 18.3 Å². The lowest BCUT2D eigenvalue weighted by atomic mass is 9.92. The first-order valence-corrected chi connectivity index (χ1v) is 9.59. The van der Waals surface area contributed by atoms with Gasteiger partial charge in [-0.15, -0.1) is 24.0 Å². The Labute approximate surface area is 179 Å². The topological polar surface area (TPSA) is 66.0 Å². The molecule has 2 heterocycles. The zero-order valence-electron chi connectivity index (χ0n) is 16.2. The molecule has 0 radical (unpaired) electrons. The van der Waals surface area contributed by atoms with Gasteiger partial charge in [-0.05, 0) is 36.8 Å². The molecule has 27 heavy (non-hydrogen) atoms. The van der Waals surface area contributed by atoms with Crippen LogP contribution in [0.15, 0.2) is 29.3 Å². The molecular formula is C20H31IN4O2. The van der Waals surface area contributed by atoms with Crippen LogP contribution >= 0.6 is 24.0 Å². The molecule has 0 saturated carbocycles. The summed E-state index contributed by atoms with van der Waals surface area (Å²) in [7, 11) is 3.55. The van der Waals surface area contributed by atoms with Crippen LogP contribution in [0.25, 0.3) is 0 Å². The van der Waals surface area contributed by atoms with E-state index in [1.165, 1.54) is 5.56 Å². The zero-order valence-corrected chi connectivity index (χ0v) is 18.6. The average molecular weight is 486 g/mol. The number of guanidine groups is 1. The van der Waals surface area contributed by atoms with Crippen LogP contribution in [0.1, 0.15) is 37.2 Å². The molecule has 1 fully saturated rings. The van der Waals surface area contributed by atoms with Gasteiger partial charge in [0.15, 0.2) is 5.96 Å². The Morgan fingerprint density at radius 1 is 1.26 bits per heavy atom. The highest BCUT2D eigenvalue weighted by Crippen LogP contribution is 2.32. The molecular weight excluding hydrogens is 455 g/mol. The fourth-order valence-corrected chi connectivity index (χ4v) is 3.89. The maximum absolute atomic E-state index is 11.6. The van der Waals surface area contributed by atoms with E-state index in [1.807, 2.05) is 19.2 Å². The first-order valence-electron chi connectivity index (χ1n) is 9.59. The molecule has 0 spiro atoms. The van der Waals surface area contributed by atoms with Crippen molar-refractivity contribution in [2.75, 3.05) is 40.3 Å². The van der Waals surface area contributed by atoms with Gasteiger partial charge in [0.05, 0.1) is 6.61 Å². The normalized spacial score (nSPS) is 20.1. The van der Waals surface area contributed by atoms with Crippen LogP contribution in [0.5, 0.6) is 5.75 Å². The lowest BCUT2D eigenvalue weighted by Crippen LogP contribution is -2.47. The Morgan fingerprint density at radius 2 is 2.00 bits per heavy atom. The van der Waals surface area contributed by atoms with E-state index in [4.69, 9.17) is 4.74 Å². The van der Waals surface area contributed by atoms with E-state index in [-0.39, 0.29) is 29.9 Å². The van der Waals surface area contributed by atoms with Crippen LogP contribution in [0.4, 0.5) is 0 Å². The Hall–Kier alpha value is -1.51. The number of likely N-dealkylation sites (tertiary alicyclic amines) is 1. The smallest absolute Gasteiger partial charge is 0.220 e. The summed E-state index contributed by atoms with van der Waals surface area (Å²) >= 11 is 0. The highest BCUT2D eigenvalue weighted by molar-refractivity contribution is 14.0. The minimum atomic E-state index is 0. The van der Waals surface area contributed by atoms with Gasteiger partial charge in [-0.3, -0.25) is 9.79 Å². The number of halogens is 1. The number of benzene rings is 1. The molecule has 0 aromatic heterocycles. The number of rotatable bonds is 4. The molecule has 2 aliphatic rings. The Balaban J connectivity index is 0.00000261. The van der Waals surface area contributed by atoms with Crippen LogP contribution in [0.2, 0.25) is 0 Å². The zero-order chi connectivity index (χ0) is 18.4. The van der Waals surface area contributed by atoms with Crippen LogP contribution in [0.3, 0.4) is 0 Å². The number of nitrogens with one attached hydrogen (secondary N) is 2. The molecule has 2 N–H and O–H groups in total. The van der Waals surface area contributed by atoms with Crippen molar-refractivity contribution in [3.8, 4) is 5.75 Å². The summed E-state index contributed by atoms with van der Waals surface area (Å²) in [4.78, 5) is 18.3. The van der Waals surface area contributed by atoms with Crippen LogP contribution in [0, 0.1) is 5.92 Å². The number of carbonyl (C=O) groups excluding carboxylic acids is 1. The fourth-order valence-electron chi connectivity index (χ4n) is 3.89. The van der Waals surface area contributed by atoms with Crippen LogP contribution < -0.4 is 15.4 Å². The van der Waals surface area contributed by atoms with E-state index in [9.17, 15) is 4.79 Å². The molecule has 6 nitrogen and oxygen atoms in total. The first kappa shape index (κ1) is 21.8. The van der Waals surface area contributed by atoms with Crippen molar-refractivity contribution in [2.24, 2.45) is 10.9 Å². The van der Waals surface area contributed by atoms with Gasteiger partial charge in [0.1, 0.15) is 5.75 Å². The second-order valence-electron chi connectivity index (χ2n) is 7.11. The standard InChI is InChI=1S/C20H30N4O2.HI/c1-21-19(25)13-15-7-10-24(11-8-15)20(22-2)23-14-16-9-12-26-18-6-4-3-5-17(16)18;/h3-6,15-16H,7-14H2,1-2H3,(H,21,25)(H,22,23);1H. The van der Waals surface area contributed by atoms with E-state index >= 15 is 0 Å². The molecule has 1 atom stereocenters. The molecule has 1 aromatic carbocycles. The Morgan fingerprint density at radius 3 is 2.70 bits per heavy atom. The molecule has 1 unspecified atom stereocenters. The van der Waals surface area contributed by atoms with Gasteiger partial charge >= 0.3 is 0 Å². The Kier molecular flexibility index (Phi) is 8.66. The van der Waals surface area contributed by atoms with E-state index in [0.717, 1.165) is 57.2 Å². The molecule has 150 valence electrons. The number of nitrogens with zero attached hydrogens (tertiary/aromatic N) is 2. The van der Waals surface area contributed by atoms with E-state index in [2.05, 4.69) is 32.7 Å². The second kappa shape index (κ2) is 10.7. The molecule has 7 heteroatoms. The lowest BCUT2D eigenvalue weighted by Gasteiger charge is -2.35. The van der Waals surface area contributed by atoms with Crippen LogP contribution in [-0.4, -0.2) is 57.1 Å². The molecule has 3 rings (SSSR count). The summed E-state index contributed by atoms with van der Waals surface area (Å²) in [5.41, 5.74) is 1.28. The fraction of sp³-hybridized carbons (Fsp3) is 0.600. The number of aliphatic imine (C=N–C) groups is 1. The first-order chi connectivity index (χ1) is 12.7. The van der Waals surface area contributed by atoms with Gasteiger partial charge in [-0.2, -0.15) is 0 Å². The Bertz CT molecular complexity index is 645. The number of carbonyl (C=O) groups is 1. The number of hydrogen-bond donors (Lipinski definition) is 2. The SMILES string of the molecule is CN=C(NCC1CCOc2ccccc21)N1CCC(CC(=O)NC)CC1.I. The molecule has 1 aromatic rings. The highest BCUT2D eigenvalue weighted by Gasteiger charge is 2.25. The summed E-state index contributed by atoms with van der Waals surface area (Å²) in [6.07, 6.45) is 3.73.